The molecule has 3 aromatic carbocycles. The van der Waals surface area contributed by atoms with Crippen molar-refractivity contribution in [2.45, 2.75) is 13.0 Å². The molecule has 0 aliphatic heterocycles. The van der Waals surface area contributed by atoms with Gasteiger partial charge in [-0.15, -0.1) is 0 Å². The Kier molecular flexibility index (Phi) is 8.29. The summed E-state index contributed by atoms with van der Waals surface area (Å²) in [5.74, 6) is 0.102. The van der Waals surface area contributed by atoms with Gasteiger partial charge < -0.3 is 14.2 Å². The summed E-state index contributed by atoms with van der Waals surface area (Å²) in [7, 11) is 1.45. The van der Waals surface area contributed by atoms with E-state index in [1.807, 2.05) is 0 Å². The number of benzene rings is 3. The van der Waals surface area contributed by atoms with Crippen molar-refractivity contribution in [2.24, 2.45) is 5.10 Å². The predicted molar refractivity (Wildman–Crippen MR) is 127 cm³/mol. The minimum atomic E-state index is -0.771. The Balaban J connectivity index is 1.59. The second-order valence-electron chi connectivity index (χ2n) is 6.75. The number of ether oxygens (including phenoxy) is 3. The van der Waals surface area contributed by atoms with Crippen molar-refractivity contribution in [3.8, 4) is 17.2 Å². The summed E-state index contributed by atoms with van der Waals surface area (Å²) in [6, 6.07) is 17.9. The lowest BCUT2D eigenvalue weighted by Gasteiger charge is -2.13. The molecule has 1 atom stereocenters. The van der Waals surface area contributed by atoms with Crippen molar-refractivity contribution in [1.29, 1.82) is 0 Å². The Bertz CT molecular complexity index is 1150. The molecule has 0 heterocycles. The van der Waals surface area contributed by atoms with E-state index in [1.54, 1.807) is 73.7 Å². The van der Waals surface area contributed by atoms with E-state index in [-0.39, 0.29) is 5.75 Å². The number of hydrogen-bond donors (Lipinski definition) is 1. The summed E-state index contributed by atoms with van der Waals surface area (Å²) < 4.78 is 16.3. The van der Waals surface area contributed by atoms with Crippen LogP contribution in [0.3, 0.4) is 0 Å². The molecule has 170 valence electrons. The van der Waals surface area contributed by atoms with E-state index in [0.717, 1.165) is 0 Å². The predicted octanol–water partition coefficient (Wildman–Crippen LogP) is 5.14. The van der Waals surface area contributed by atoms with Crippen LogP contribution in [-0.2, 0) is 4.79 Å². The van der Waals surface area contributed by atoms with Gasteiger partial charge in [0.2, 0.25) is 0 Å². The molecule has 0 aromatic heterocycles. The molecule has 1 amide bonds. The first kappa shape index (κ1) is 24.1. The van der Waals surface area contributed by atoms with Gasteiger partial charge in [0, 0.05) is 10.0 Å². The number of hydrogen-bond acceptors (Lipinski definition) is 6. The van der Waals surface area contributed by atoms with Crippen LogP contribution in [0.5, 0.6) is 17.2 Å². The molecule has 33 heavy (non-hydrogen) atoms. The number of halogens is 2. The van der Waals surface area contributed by atoms with Crippen molar-refractivity contribution < 1.29 is 23.8 Å². The number of rotatable bonds is 8. The zero-order valence-electron chi connectivity index (χ0n) is 17.7. The third-order valence-electron chi connectivity index (χ3n) is 4.35. The molecule has 0 unspecified atom stereocenters. The van der Waals surface area contributed by atoms with Crippen LogP contribution in [0, 0.1) is 0 Å². The van der Waals surface area contributed by atoms with Crippen LogP contribution >= 0.6 is 23.2 Å². The Morgan fingerprint density at radius 1 is 0.939 bits per heavy atom. The largest absolute Gasteiger partial charge is 0.493 e. The maximum absolute atomic E-state index is 12.3. The van der Waals surface area contributed by atoms with Gasteiger partial charge in [-0.05, 0) is 79.2 Å². The fourth-order valence-electron chi connectivity index (χ4n) is 2.63. The molecule has 9 heteroatoms. The topological polar surface area (TPSA) is 86.2 Å². The third-order valence-corrected chi connectivity index (χ3v) is 4.86. The minimum absolute atomic E-state index is 0.239. The van der Waals surface area contributed by atoms with E-state index in [4.69, 9.17) is 37.4 Å². The van der Waals surface area contributed by atoms with Crippen LogP contribution in [0.25, 0.3) is 0 Å². The van der Waals surface area contributed by atoms with Gasteiger partial charge in [0.05, 0.1) is 18.9 Å². The fourth-order valence-corrected chi connectivity index (χ4v) is 2.88. The molecule has 0 bridgehead atoms. The third kappa shape index (κ3) is 6.97. The maximum atomic E-state index is 12.3. The molecule has 0 aliphatic carbocycles. The Labute approximate surface area is 200 Å². The lowest BCUT2D eigenvalue weighted by atomic mass is 10.2. The van der Waals surface area contributed by atoms with Gasteiger partial charge in [-0.2, -0.15) is 5.10 Å². The normalized spacial score (nSPS) is 11.6. The van der Waals surface area contributed by atoms with E-state index in [1.165, 1.54) is 13.3 Å². The highest BCUT2D eigenvalue weighted by Crippen LogP contribution is 2.28. The van der Waals surface area contributed by atoms with Crippen LogP contribution in [-0.4, -0.2) is 31.3 Å². The smallest absolute Gasteiger partial charge is 0.343 e. The van der Waals surface area contributed by atoms with Gasteiger partial charge in [0.25, 0.3) is 5.91 Å². The first-order chi connectivity index (χ1) is 15.9. The van der Waals surface area contributed by atoms with E-state index in [0.29, 0.717) is 32.7 Å². The summed E-state index contributed by atoms with van der Waals surface area (Å²) in [4.78, 5) is 24.5. The second kappa shape index (κ2) is 11.4. The number of carbonyl (C=O) groups excluding carboxylic acids is 2. The number of nitrogens with one attached hydrogen (secondary N) is 1. The van der Waals surface area contributed by atoms with E-state index < -0.39 is 18.0 Å². The lowest BCUT2D eigenvalue weighted by Crippen LogP contribution is -2.33. The molecule has 3 rings (SSSR count). The molecule has 0 fully saturated rings. The molecule has 0 saturated carbocycles. The number of amides is 1. The molecule has 0 saturated heterocycles. The summed E-state index contributed by atoms with van der Waals surface area (Å²) in [6.45, 7) is 1.60. The summed E-state index contributed by atoms with van der Waals surface area (Å²) in [6.07, 6.45) is 0.660. The number of hydrazone groups is 1. The standard InChI is InChI=1S/C24H20Cl2N2O5/c1-15(32-20-10-8-19(26)9-11-20)23(29)28-27-14-16-3-12-21(22(13-16)31-2)33-24(30)17-4-6-18(25)7-5-17/h3-15H,1-2H3,(H,28,29)/b27-14-/t15-/m0/s1. The zero-order chi connectivity index (χ0) is 23.8. The fraction of sp³-hybridized carbons (Fsp3) is 0.125. The van der Waals surface area contributed by atoms with Crippen LogP contribution in [0.1, 0.15) is 22.8 Å². The van der Waals surface area contributed by atoms with Gasteiger partial charge >= 0.3 is 5.97 Å². The zero-order valence-corrected chi connectivity index (χ0v) is 19.3. The quantitative estimate of drug-likeness (QED) is 0.206. The second-order valence-corrected chi connectivity index (χ2v) is 7.63. The SMILES string of the molecule is COc1cc(/C=N\NC(=O)[C@H](C)Oc2ccc(Cl)cc2)ccc1OC(=O)c1ccc(Cl)cc1. The van der Waals surface area contributed by atoms with Crippen molar-refractivity contribution in [3.63, 3.8) is 0 Å². The van der Waals surface area contributed by atoms with E-state index >= 15 is 0 Å². The molecule has 0 aliphatic rings. The van der Waals surface area contributed by atoms with E-state index in [2.05, 4.69) is 10.5 Å². The van der Waals surface area contributed by atoms with Gasteiger partial charge in [-0.1, -0.05) is 23.2 Å². The molecule has 3 aromatic rings. The van der Waals surface area contributed by atoms with Gasteiger partial charge in [-0.25, -0.2) is 10.2 Å². The lowest BCUT2D eigenvalue weighted by molar-refractivity contribution is -0.127. The Hall–Kier alpha value is -3.55. The van der Waals surface area contributed by atoms with Crippen LogP contribution in [0.15, 0.2) is 71.8 Å². The van der Waals surface area contributed by atoms with Crippen LogP contribution in [0.4, 0.5) is 0 Å². The summed E-state index contributed by atoms with van der Waals surface area (Å²) in [5.41, 5.74) is 3.38. The number of nitrogens with zero attached hydrogens (tertiary/aromatic N) is 1. The van der Waals surface area contributed by atoms with Gasteiger partial charge in [0.15, 0.2) is 17.6 Å². The van der Waals surface area contributed by atoms with Crippen molar-refractivity contribution in [3.05, 3.63) is 87.9 Å². The van der Waals surface area contributed by atoms with Crippen LogP contribution < -0.4 is 19.6 Å². The molecular formula is C24H20Cl2N2O5. The summed E-state index contributed by atoms with van der Waals surface area (Å²) in [5, 5.41) is 5.03. The van der Waals surface area contributed by atoms with Crippen LogP contribution in [0.2, 0.25) is 10.0 Å². The average Bonchev–Trinajstić information content (AvgIpc) is 2.81. The maximum Gasteiger partial charge on any atom is 0.343 e. The van der Waals surface area contributed by atoms with Gasteiger partial charge in [-0.3, -0.25) is 4.79 Å². The Morgan fingerprint density at radius 3 is 2.21 bits per heavy atom. The molecule has 0 radical (unpaired) electrons. The van der Waals surface area contributed by atoms with Crippen molar-refractivity contribution in [1.82, 2.24) is 5.43 Å². The molecule has 0 spiro atoms. The number of carbonyl (C=O) groups is 2. The Morgan fingerprint density at radius 2 is 1.58 bits per heavy atom. The molecule has 7 nitrogen and oxygen atoms in total. The monoisotopic (exact) mass is 486 g/mol. The van der Waals surface area contributed by atoms with Crippen molar-refractivity contribution in [2.75, 3.05) is 7.11 Å². The summed E-state index contributed by atoms with van der Waals surface area (Å²) >= 11 is 11.7. The highest BCUT2D eigenvalue weighted by atomic mass is 35.5. The average molecular weight is 487 g/mol. The van der Waals surface area contributed by atoms with Gasteiger partial charge in [0.1, 0.15) is 5.75 Å². The number of esters is 1. The van der Waals surface area contributed by atoms with E-state index in [9.17, 15) is 9.59 Å². The van der Waals surface area contributed by atoms with Crippen molar-refractivity contribution >= 4 is 41.3 Å². The highest BCUT2D eigenvalue weighted by molar-refractivity contribution is 6.30. The minimum Gasteiger partial charge on any atom is -0.493 e. The number of methoxy groups -OCH3 is 1. The highest BCUT2D eigenvalue weighted by Gasteiger charge is 2.15. The molecular weight excluding hydrogens is 467 g/mol. The first-order valence-electron chi connectivity index (χ1n) is 9.76. The molecule has 1 N–H and O–H groups in total. The first-order valence-corrected chi connectivity index (χ1v) is 10.5.